The normalized spacial score (nSPS) is 17.7. The molecule has 4 rings (SSSR count). The zero-order valence-corrected chi connectivity index (χ0v) is 22.6. The molecule has 1 aliphatic heterocycles. The van der Waals surface area contributed by atoms with E-state index < -0.39 is 0 Å². The molecule has 2 heterocycles. The van der Waals surface area contributed by atoms with Gasteiger partial charge in [-0.05, 0) is 67.3 Å². The zero-order valence-electron chi connectivity index (χ0n) is 22.6. The predicted octanol–water partition coefficient (Wildman–Crippen LogP) is 6.13. The van der Waals surface area contributed by atoms with Gasteiger partial charge in [-0.15, -0.1) is 0 Å². The molecule has 2 atom stereocenters. The fourth-order valence-electron chi connectivity index (χ4n) is 4.85. The summed E-state index contributed by atoms with van der Waals surface area (Å²) in [7, 11) is 0. The molecule has 2 unspecified atom stereocenters. The molecule has 6 nitrogen and oxygen atoms in total. The van der Waals surface area contributed by atoms with Crippen molar-refractivity contribution >= 4 is 5.91 Å². The number of carbonyl (C=O) groups excluding carboxylic acids is 1. The first-order valence-corrected chi connectivity index (χ1v) is 13.2. The second kappa shape index (κ2) is 11.0. The van der Waals surface area contributed by atoms with E-state index in [0.717, 1.165) is 31.4 Å². The van der Waals surface area contributed by atoms with Gasteiger partial charge in [0.15, 0.2) is 0 Å². The second-order valence-corrected chi connectivity index (χ2v) is 11.2. The molecule has 1 fully saturated rings. The van der Waals surface area contributed by atoms with Crippen LogP contribution in [0.3, 0.4) is 0 Å². The SMILES string of the molecule is CCC(NC(=O)C1CCCN(Cc2nc(-c3ccc(C(C)(C)C)cc3)no2)C1)c1ccc(C)c(C)c1. The van der Waals surface area contributed by atoms with E-state index in [4.69, 9.17) is 4.52 Å². The van der Waals surface area contributed by atoms with Crippen LogP contribution in [0.4, 0.5) is 0 Å². The molecule has 36 heavy (non-hydrogen) atoms. The van der Waals surface area contributed by atoms with E-state index in [1.807, 2.05) is 0 Å². The van der Waals surface area contributed by atoms with Gasteiger partial charge in [-0.25, -0.2) is 0 Å². The summed E-state index contributed by atoms with van der Waals surface area (Å²) in [6, 6.07) is 14.9. The Bertz CT molecular complexity index is 1180. The van der Waals surface area contributed by atoms with Gasteiger partial charge in [0.1, 0.15) is 0 Å². The van der Waals surface area contributed by atoms with Crippen molar-refractivity contribution in [3.8, 4) is 11.4 Å². The summed E-state index contributed by atoms with van der Waals surface area (Å²) < 4.78 is 5.57. The number of likely N-dealkylation sites (tertiary alicyclic amines) is 1. The number of carbonyl (C=O) groups is 1. The van der Waals surface area contributed by atoms with Crippen LogP contribution in [0.2, 0.25) is 0 Å². The summed E-state index contributed by atoms with van der Waals surface area (Å²) in [4.78, 5) is 20.1. The van der Waals surface area contributed by atoms with E-state index in [2.05, 4.69) is 104 Å². The van der Waals surface area contributed by atoms with Crippen LogP contribution < -0.4 is 5.32 Å². The van der Waals surface area contributed by atoms with Crippen molar-refractivity contribution in [2.24, 2.45) is 5.92 Å². The molecule has 0 saturated carbocycles. The van der Waals surface area contributed by atoms with Gasteiger partial charge in [0, 0.05) is 12.1 Å². The highest BCUT2D eigenvalue weighted by molar-refractivity contribution is 5.79. The van der Waals surface area contributed by atoms with Gasteiger partial charge >= 0.3 is 0 Å². The number of amides is 1. The van der Waals surface area contributed by atoms with Gasteiger partial charge in [0.05, 0.1) is 18.5 Å². The van der Waals surface area contributed by atoms with Crippen LogP contribution in [0.5, 0.6) is 0 Å². The summed E-state index contributed by atoms with van der Waals surface area (Å²) in [6.45, 7) is 15.2. The summed E-state index contributed by atoms with van der Waals surface area (Å²) in [5, 5.41) is 7.51. The van der Waals surface area contributed by atoms with Crippen LogP contribution in [-0.2, 0) is 16.8 Å². The Morgan fingerprint density at radius 2 is 1.89 bits per heavy atom. The molecule has 2 aromatic carbocycles. The standard InChI is InChI=1S/C30H40N4O2/c1-7-26(23-11-10-20(2)21(3)17-23)31-29(35)24-9-8-16-34(18-24)19-27-32-28(33-36-27)22-12-14-25(15-13-22)30(4,5)6/h10-15,17,24,26H,7-9,16,18-19H2,1-6H3,(H,31,35). The smallest absolute Gasteiger partial charge is 0.241 e. The predicted molar refractivity (Wildman–Crippen MR) is 144 cm³/mol. The first-order chi connectivity index (χ1) is 17.1. The van der Waals surface area contributed by atoms with Gasteiger partial charge in [-0.1, -0.05) is 75.3 Å². The van der Waals surface area contributed by atoms with Crippen LogP contribution in [-0.4, -0.2) is 34.0 Å². The van der Waals surface area contributed by atoms with E-state index in [-0.39, 0.29) is 23.3 Å². The van der Waals surface area contributed by atoms with Gasteiger partial charge in [0.2, 0.25) is 17.6 Å². The number of hydrogen-bond acceptors (Lipinski definition) is 5. The van der Waals surface area contributed by atoms with Gasteiger partial charge in [-0.2, -0.15) is 4.98 Å². The first-order valence-electron chi connectivity index (χ1n) is 13.2. The maximum Gasteiger partial charge on any atom is 0.241 e. The summed E-state index contributed by atoms with van der Waals surface area (Å²) in [5.41, 5.74) is 6.03. The Morgan fingerprint density at radius 3 is 2.56 bits per heavy atom. The second-order valence-electron chi connectivity index (χ2n) is 11.2. The molecule has 0 radical (unpaired) electrons. The lowest BCUT2D eigenvalue weighted by Gasteiger charge is -2.32. The Labute approximate surface area is 215 Å². The maximum atomic E-state index is 13.2. The van der Waals surface area contributed by atoms with Crippen molar-refractivity contribution in [1.82, 2.24) is 20.4 Å². The lowest BCUT2D eigenvalue weighted by atomic mass is 9.87. The van der Waals surface area contributed by atoms with Crippen LogP contribution >= 0.6 is 0 Å². The Kier molecular flexibility index (Phi) is 7.94. The Balaban J connectivity index is 1.36. The number of aryl methyl sites for hydroxylation is 2. The van der Waals surface area contributed by atoms with Crippen molar-refractivity contribution in [3.63, 3.8) is 0 Å². The van der Waals surface area contributed by atoms with Gasteiger partial charge < -0.3 is 9.84 Å². The molecule has 1 aliphatic rings. The molecule has 0 bridgehead atoms. The van der Waals surface area contributed by atoms with E-state index in [0.29, 0.717) is 24.8 Å². The molecule has 0 spiro atoms. The largest absolute Gasteiger partial charge is 0.349 e. The molecule has 192 valence electrons. The number of nitrogens with zero attached hydrogens (tertiary/aromatic N) is 3. The number of benzene rings is 2. The van der Waals surface area contributed by atoms with Gasteiger partial charge in [0.25, 0.3) is 0 Å². The quantitative estimate of drug-likeness (QED) is 0.433. The number of nitrogens with one attached hydrogen (secondary N) is 1. The van der Waals surface area contributed by atoms with Crippen molar-refractivity contribution in [2.45, 2.75) is 78.8 Å². The van der Waals surface area contributed by atoms with E-state index in [1.165, 1.54) is 22.3 Å². The molecule has 0 aliphatic carbocycles. The zero-order chi connectivity index (χ0) is 25.9. The van der Waals surface area contributed by atoms with E-state index in [9.17, 15) is 4.79 Å². The molecule has 1 amide bonds. The average Bonchev–Trinajstić information content (AvgIpc) is 3.32. The summed E-state index contributed by atoms with van der Waals surface area (Å²) in [5.74, 6) is 1.30. The van der Waals surface area contributed by atoms with Crippen LogP contribution in [0.25, 0.3) is 11.4 Å². The third-order valence-corrected chi connectivity index (χ3v) is 7.37. The third kappa shape index (κ3) is 6.22. The number of rotatable bonds is 7. The van der Waals surface area contributed by atoms with Crippen LogP contribution in [0, 0.1) is 19.8 Å². The topological polar surface area (TPSA) is 71.3 Å². The summed E-state index contributed by atoms with van der Waals surface area (Å²) >= 11 is 0. The van der Waals surface area contributed by atoms with Crippen LogP contribution in [0.15, 0.2) is 47.0 Å². The maximum absolute atomic E-state index is 13.2. The molecular formula is C30H40N4O2. The van der Waals surface area contributed by atoms with Crippen molar-refractivity contribution in [1.29, 1.82) is 0 Å². The third-order valence-electron chi connectivity index (χ3n) is 7.37. The number of aromatic nitrogens is 2. The minimum atomic E-state index is -0.0355. The van der Waals surface area contributed by atoms with Gasteiger partial charge in [-0.3, -0.25) is 9.69 Å². The molecule has 6 heteroatoms. The molecule has 1 aromatic heterocycles. The van der Waals surface area contributed by atoms with Crippen LogP contribution in [0.1, 0.15) is 81.1 Å². The Morgan fingerprint density at radius 1 is 1.14 bits per heavy atom. The van der Waals surface area contributed by atoms with E-state index >= 15 is 0 Å². The average molecular weight is 489 g/mol. The molecule has 1 N–H and O–H groups in total. The lowest BCUT2D eigenvalue weighted by Crippen LogP contribution is -2.43. The van der Waals surface area contributed by atoms with Crippen molar-refractivity contribution in [2.75, 3.05) is 13.1 Å². The minimum absolute atomic E-state index is 0.0355. The Hall–Kier alpha value is -2.99. The fraction of sp³-hybridized carbons (Fsp3) is 0.500. The highest BCUT2D eigenvalue weighted by Gasteiger charge is 2.28. The minimum Gasteiger partial charge on any atom is -0.349 e. The highest BCUT2D eigenvalue weighted by atomic mass is 16.5. The lowest BCUT2D eigenvalue weighted by molar-refractivity contribution is -0.127. The number of hydrogen-bond donors (Lipinski definition) is 1. The highest BCUT2D eigenvalue weighted by Crippen LogP contribution is 2.26. The molecular weight excluding hydrogens is 448 g/mol. The molecule has 1 saturated heterocycles. The fourth-order valence-corrected chi connectivity index (χ4v) is 4.85. The monoisotopic (exact) mass is 488 g/mol. The molecule has 3 aromatic rings. The number of piperidine rings is 1. The van der Waals surface area contributed by atoms with E-state index in [1.54, 1.807) is 0 Å². The first kappa shape index (κ1) is 26.1. The summed E-state index contributed by atoms with van der Waals surface area (Å²) in [6.07, 6.45) is 2.75. The van der Waals surface area contributed by atoms with Crippen molar-refractivity contribution in [3.05, 3.63) is 70.6 Å². The van der Waals surface area contributed by atoms with Crippen molar-refractivity contribution < 1.29 is 9.32 Å².